The zero-order valence-electron chi connectivity index (χ0n) is 15.4. The Morgan fingerprint density at radius 2 is 1.88 bits per heavy atom. The van der Waals surface area contributed by atoms with Gasteiger partial charge in [0.05, 0.1) is 11.9 Å². The number of carboxylic acid groups (broad SMARTS) is 1. The first kappa shape index (κ1) is 19.2. The molecule has 2 rings (SSSR count). The van der Waals surface area contributed by atoms with E-state index in [9.17, 15) is 19.1 Å². The van der Waals surface area contributed by atoms with Crippen molar-refractivity contribution >= 4 is 12.1 Å². The third kappa shape index (κ3) is 3.77. The summed E-state index contributed by atoms with van der Waals surface area (Å²) in [4.78, 5) is 25.7. The molecule has 7 nitrogen and oxygen atoms in total. The molecule has 0 saturated carbocycles. The number of aromatic nitrogens is 2. The summed E-state index contributed by atoms with van der Waals surface area (Å²) in [6.45, 7) is 9.33. The number of hydrogen-bond donors (Lipinski definition) is 1. The van der Waals surface area contributed by atoms with E-state index >= 15 is 0 Å². The molecule has 1 amide bonds. The van der Waals surface area contributed by atoms with Crippen molar-refractivity contribution in [1.29, 1.82) is 0 Å². The van der Waals surface area contributed by atoms with Crippen molar-refractivity contribution in [3.8, 4) is 0 Å². The smallest absolute Gasteiger partial charge is 0.410 e. The first-order chi connectivity index (χ1) is 11.5. The van der Waals surface area contributed by atoms with Gasteiger partial charge < -0.3 is 14.7 Å². The van der Waals surface area contributed by atoms with Gasteiger partial charge in [-0.1, -0.05) is 13.8 Å². The highest BCUT2D eigenvalue weighted by Gasteiger charge is 2.47. The van der Waals surface area contributed by atoms with Crippen molar-refractivity contribution in [3.05, 3.63) is 17.7 Å². The van der Waals surface area contributed by atoms with Gasteiger partial charge in [-0.05, 0) is 26.7 Å². The molecular formula is C17H26FN3O4. The highest BCUT2D eigenvalue weighted by molar-refractivity contribution is 5.77. The fourth-order valence-electron chi connectivity index (χ4n) is 3.10. The summed E-state index contributed by atoms with van der Waals surface area (Å²) < 4.78 is 20.7. The summed E-state index contributed by atoms with van der Waals surface area (Å²) in [6.07, 6.45) is 0.868. The topological polar surface area (TPSA) is 84.7 Å². The molecule has 2 heterocycles. The average molecular weight is 355 g/mol. The lowest BCUT2D eigenvalue weighted by atomic mass is 9.87. The Labute approximate surface area is 146 Å². The number of aliphatic carboxylic acids is 1. The van der Waals surface area contributed by atoms with Gasteiger partial charge in [0.15, 0.2) is 11.4 Å². The number of piperidine rings is 1. The molecule has 1 saturated heterocycles. The zero-order valence-corrected chi connectivity index (χ0v) is 15.4. The molecule has 1 aliphatic rings. The monoisotopic (exact) mass is 355 g/mol. The van der Waals surface area contributed by atoms with E-state index in [2.05, 4.69) is 5.10 Å². The summed E-state index contributed by atoms with van der Waals surface area (Å²) in [7, 11) is 0. The maximum absolute atomic E-state index is 14.1. The standard InChI is InChI=1S/C17H26FN3O4/c1-11(2)13-12(18)10-19-21(13)17(14(22)23)6-8-20(9-7-17)15(24)25-16(3,4)5/h10-11H,6-9H2,1-5H3,(H,22,23). The molecule has 0 unspecified atom stereocenters. The third-order valence-corrected chi connectivity index (χ3v) is 4.35. The molecular weight excluding hydrogens is 329 g/mol. The maximum Gasteiger partial charge on any atom is 0.410 e. The maximum atomic E-state index is 14.1. The third-order valence-electron chi connectivity index (χ3n) is 4.35. The van der Waals surface area contributed by atoms with Crippen molar-refractivity contribution in [2.45, 2.75) is 64.5 Å². The molecule has 1 aliphatic heterocycles. The Balaban J connectivity index is 2.26. The van der Waals surface area contributed by atoms with Crippen LogP contribution in [0.1, 0.15) is 59.1 Å². The molecule has 0 bridgehead atoms. The molecule has 0 aromatic carbocycles. The van der Waals surface area contributed by atoms with E-state index in [1.165, 1.54) is 9.58 Å². The van der Waals surface area contributed by atoms with Crippen LogP contribution in [0, 0.1) is 5.82 Å². The number of carbonyl (C=O) groups excluding carboxylic acids is 1. The Morgan fingerprint density at radius 1 is 1.32 bits per heavy atom. The molecule has 0 spiro atoms. The Bertz CT molecular complexity index is 655. The van der Waals surface area contributed by atoms with Gasteiger partial charge in [-0.15, -0.1) is 0 Å². The number of likely N-dealkylation sites (tertiary alicyclic amines) is 1. The van der Waals surface area contributed by atoms with Crippen molar-refractivity contribution < 1.29 is 23.8 Å². The predicted octanol–water partition coefficient (Wildman–Crippen LogP) is 2.96. The van der Waals surface area contributed by atoms with Crippen LogP contribution in [0.3, 0.4) is 0 Å². The number of carboxylic acids is 1. The van der Waals surface area contributed by atoms with Crippen LogP contribution in [0.2, 0.25) is 0 Å². The molecule has 1 aromatic rings. The summed E-state index contributed by atoms with van der Waals surface area (Å²) in [5, 5.41) is 13.9. The molecule has 1 aromatic heterocycles. The summed E-state index contributed by atoms with van der Waals surface area (Å²) >= 11 is 0. The minimum atomic E-state index is -1.36. The quantitative estimate of drug-likeness (QED) is 0.901. The van der Waals surface area contributed by atoms with Gasteiger partial charge in [0, 0.05) is 25.9 Å². The zero-order chi connectivity index (χ0) is 19.0. The normalized spacial score (nSPS) is 17.6. The van der Waals surface area contributed by atoms with Gasteiger partial charge >= 0.3 is 12.1 Å². The largest absolute Gasteiger partial charge is 0.479 e. The van der Waals surface area contributed by atoms with Crippen LogP contribution in [-0.2, 0) is 15.1 Å². The molecule has 25 heavy (non-hydrogen) atoms. The second-order valence-electron chi connectivity index (χ2n) is 7.75. The van der Waals surface area contributed by atoms with E-state index in [1.807, 2.05) is 0 Å². The van der Waals surface area contributed by atoms with E-state index in [0.717, 1.165) is 6.20 Å². The number of amides is 1. The van der Waals surface area contributed by atoms with Gasteiger partial charge in [-0.2, -0.15) is 5.10 Å². The molecule has 140 valence electrons. The number of ether oxygens (including phenoxy) is 1. The molecule has 1 N–H and O–H groups in total. The van der Waals surface area contributed by atoms with Gasteiger partial charge in [-0.3, -0.25) is 0 Å². The fraction of sp³-hybridized carbons (Fsp3) is 0.706. The van der Waals surface area contributed by atoms with Gasteiger partial charge in [0.1, 0.15) is 5.60 Å². The van der Waals surface area contributed by atoms with E-state index in [0.29, 0.717) is 0 Å². The summed E-state index contributed by atoms with van der Waals surface area (Å²) in [6, 6.07) is 0. The molecule has 0 atom stereocenters. The molecule has 0 radical (unpaired) electrons. The number of nitrogens with zero attached hydrogens (tertiary/aromatic N) is 3. The van der Waals surface area contributed by atoms with Crippen LogP contribution >= 0.6 is 0 Å². The van der Waals surface area contributed by atoms with Crippen molar-refractivity contribution in [2.24, 2.45) is 0 Å². The minimum absolute atomic E-state index is 0.141. The SMILES string of the molecule is CC(C)c1c(F)cnn1C1(C(=O)O)CCN(C(=O)OC(C)(C)C)CC1. The number of hydrogen-bond acceptors (Lipinski definition) is 4. The van der Waals surface area contributed by atoms with Gasteiger partial charge in [0.25, 0.3) is 0 Å². The predicted molar refractivity (Wildman–Crippen MR) is 88.9 cm³/mol. The van der Waals surface area contributed by atoms with Crippen LogP contribution < -0.4 is 0 Å². The van der Waals surface area contributed by atoms with Crippen molar-refractivity contribution in [2.75, 3.05) is 13.1 Å². The lowest BCUT2D eigenvalue weighted by Gasteiger charge is -2.40. The lowest BCUT2D eigenvalue weighted by Crippen LogP contribution is -2.53. The second-order valence-corrected chi connectivity index (χ2v) is 7.75. The van der Waals surface area contributed by atoms with Crippen LogP contribution in [0.5, 0.6) is 0 Å². The minimum Gasteiger partial charge on any atom is -0.479 e. The Kier molecular flexibility index (Phi) is 5.11. The highest BCUT2D eigenvalue weighted by atomic mass is 19.1. The number of halogens is 1. The highest BCUT2D eigenvalue weighted by Crippen LogP contribution is 2.34. The average Bonchev–Trinajstić information content (AvgIpc) is 2.87. The first-order valence-electron chi connectivity index (χ1n) is 8.43. The van der Waals surface area contributed by atoms with E-state index in [4.69, 9.17) is 4.74 Å². The van der Waals surface area contributed by atoms with Gasteiger partial charge in [0.2, 0.25) is 0 Å². The van der Waals surface area contributed by atoms with Gasteiger partial charge in [-0.25, -0.2) is 18.7 Å². The lowest BCUT2D eigenvalue weighted by molar-refractivity contribution is -0.151. The van der Waals surface area contributed by atoms with E-state index < -0.39 is 29.0 Å². The van der Waals surface area contributed by atoms with Crippen LogP contribution in [-0.4, -0.2) is 50.5 Å². The van der Waals surface area contributed by atoms with Crippen LogP contribution in [0.15, 0.2) is 6.20 Å². The Morgan fingerprint density at radius 3 is 2.32 bits per heavy atom. The second kappa shape index (κ2) is 6.65. The number of rotatable bonds is 3. The molecule has 1 fully saturated rings. The van der Waals surface area contributed by atoms with Crippen LogP contribution in [0.4, 0.5) is 9.18 Å². The Hall–Kier alpha value is -2.12. The van der Waals surface area contributed by atoms with Crippen molar-refractivity contribution in [3.63, 3.8) is 0 Å². The number of carbonyl (C=O) groups is 2. The molecule has 0 aliphatic carbocycles. The molecule has 8 heteroatoms. The first-order valence-corrected chi connectivity index (χ1v) is 8.43. The van der Waals surface area contributed by atoms with E-state index in [1.54, 1.807) is 34.6 Å². The van der Waals surface area contributed by atoms with E-state index in [-0.39, 0.29) is 37.5 Å². The van der Waals surface area contributed by atoms with Crippen LogP contribution in [0.25, 0.3) is 0 Å². The van der Waals surface area contributed by atoms with Crippen molar-refractivity contribution in [1.82, 2.24) is 14.7 Å². The fourth-order valence-corrected chi connectivity index (χ4v) is 3.10. The summed E-state index contributed by atoms with van der Waals surface area (Å²) in [5.41, 5.74) is -1.70. The summed E-state index contributed by atoms with van der Waals surface area (Å²) in [5.74, 6) is -1.78.